The number of nitrogens with zero attached hydrogens (tertiary/aromatic N) is 1. The highest BCUT2D eigenvalue weighted by atomic mass is 19.1. The maximum atomic E-state index is 13.0. The van der Waals surface area contributed by atoms with Crippen LogP contribution in [-0.4, -0.2) is 10.9 Å². The number of hydrogen-bond acceptors (Lipinski definition) is 3. The van der Waals surface area contributed by atoms with Crippen molar-refractivity contribution in [1.82, 2.24) is 4.98 Å². The highest BCUT2D eigenvalue weighted by Crippen LogP contribution is 2.10. The Morgan fingerprint density at radius 2 is 2.17 bits per heavy atom. The summed E-state index contributed by atoms with van der Waals surface area (Å²) in [5.41, 5.74) is 6.85. The van der Waals surface area contributed by atoms with Crippen LogP contribution in [0.5, 0.6) is 0 Å². The molecule has 92 valence electrons. The Morgan fingerprint density at radius 1 is 1.33 bits per heavy atom. The van der Waals surface area contributed by atoms with E-state index in [0.717, 1.165) is 5.56 Å². The van der Waals surface area contributed by atoms with Crippen molar-refractivity contribution >= 4 is 11.6 Å². The van der Waals surface area contributed by atoms with Crippen molar-refractivity contribution in [2.24, 2.45) is 5.73 Å². The molecule has 0 atom stereocenters. The fourth-order valence-electron chi connectivity index (χ4n) is 1.53. The van der Waals surface area contributed by atoms with Gasteiger partial charge in [0.2, 0.25) is 0 Å². The fourth-order valence-corrected chi connectivity index (χ4v) is 1.53. The molecule has 0 radical (unpaired) electrons. The molecule has 0 saturated heterocycles. The van der Waals surface area contributed by atoms with Crippen LogP contribution in [0.25, 0.3) is 0 Å². The van der Waals surface area contributed by atoms with Crippen LogP contribution in [0.15, 0.2) is 42.6 Å². The molecule has 5 heteroatoms. The van der Waals surface area contributed by atoms with E-state index in [9.17, 15) is 9.18 Å². The van der Waals surface area contributed by atoms with E-state index in [1.54, 1.807) is 18.2 Å². The van der Waals surface area contributed by atoms with Crippen LogP contribution in [0, 0.1) is 5.82 Å². The van der Waals surface area contributed by atoms with Gasteiger partial charge in [-0.15, -0.1) is 0 Å². The minimum absolute atomic E-state index is 0.194. The number of rotatable bonds is 4. The molecule has 1 amide bonds. The molecule has 2 rings (SSSR count). The average molecular weight is 245 g/mol. The lowest BCUT2D eigenvalue weighted by atomic mass is 10.2. The maximum absolute atomic E-state index is 13.0. The van der Waals surface area contributed by atoms with Crippen LogP contribution in [0.3, 0.4) is 0 Å². The first-order valence-electron chi connectivity index (χ1n) is 5.39. The Kier molecular flexibility index (Phi) is 3.52. The van der Waals surface area contributed by atoms with E-state index in [1.807, 2.05) is 6.07 Å². The van der Waals surface area contributed by atoms with E-state index in [4.69, 9.17) is 5.73 Å². The van der Waals surface area contributed by atoms with E-state index in [0.29, 0.717) is 12.2 Å². The van der Waals surface area contributed by atoms with E-state index in [1.165, 1.54) is 18.3 Å². The summed E-state index contributed by atoms with van der Waals surface area (Å²) in [5, 5.41) is 3.07. The normalized spacial score (nSPS) is 10.1. The molecule has 0 aliphatic carbocycles. The topological polar surface area (TPSA) is 68.0 Å². The second-order valence-electron chi connectivity index (χ2n) is 3.78. The molecule has 0 fully saturated rings. The molecule has 0 aliphatic rings. The Morgan fingerprint density at radius 3 is 2.89 bits per heavy atom. The molecule has 0 saturated carbocycles. The lowest BCUT2D eigenvalue weighted by Crippen LogP contribution is -2.13. The first-order valence-corrected chi connectivity index (χ1v) is 5.39. The van der Waals surface area contributed by atoms with Gasteiger partial charge in [-0.1, -0.05) is 12.1 Å². The van der Waals surface area contributed by atoms with E-state index < -0.39 is 5.91 Å². The zero-order chi connectivity index (χ0) is 13.0. The number of nitrogens with two attached hydrogens (primary N) is 1. The predicted molar refractivity (Wildman–Crippen MR) is 66.5 cm³/mol. The molecule has 1 heterocycles. The van der Waals surface area contributed by atoms with Gasteiger partial charge >= 0.3 is 0 Å². The third-order valence-electron chi connectivity index (χ3n) is 2.40. The van der Waals surface area contributed by atoms with Gasteiger partial charge in [-0.25, -0.2) is 4.39 Å². The molecule has 3 N–H and O–H groups in total. The Labute approximate surface area is 104 Å². The van der Waals surface area contributed by atoms with Gasteiger partial charge in [0.1, 0.15) is 11.5 Å². The van der Waals surface area contributed by atoms with Gasteiger partial charge in [-0.05, 0) is 29.8 Å². The Hall–Kier alpha value is -2.43. The minimum atomic E-state index is -0.579. The van der Waals surface area contributed by atoms with Crippen LogP contribution in [0.1, 0.15) is 16.1 Å². The second kappa shape index (κ2) is 5.27. The molecule has 1 aromatic heterocycles. The van der Waals surface area contributed by atoms with Crippen LogP contribution in [-0.2, 0) is 6.54 Å². The second-order valence-corrected chi connectivity index (χ2v) is 3.78. The fraction of sp³-hybridized carbons (Fsp3) is 0.0769. The maximum Gasteiger partial charge on any atom is 0.267 e. The van der Waals surface area contributed by atoms with E-state index in [-0.39, 0.29) is 11.5 Å². The summed E-state index contributed by atoms with van der Waals surface area (Å²) in [7, 11) is 0. The summed E-state index contributed by atoms with van der Waals surface area (Å²) in [6.07, 6.45) is 1.49. The van der Waals surface area contributed by atoms with Crippen LogP contribution in [0.2, 0.25) is 0 Å². The van der Waals surface area contributed by atoms with Gasteiger partial charge in [0.25, 0.3) is 5.91 Å². The number of hydrogen-bond donors (Lipinski definition) is 2. The molecule has 0 aliphatic heterocycles. The Balaban J connectivity index is 2.06. The molecule has 0 unspecified atom stereocenters. The quantitative estimate of drug-likeness (QED) is 0.864. The van der Waals surface area contributed by atoms with Gasteiger partial charge in [0.05, 0.1) is 0 Å². The first-order chi connectivity index (χ1) is 8.65. The Bertz CT molecular complexity index is 572. The van der Waals surface area contributed by atoms with Crippen molar-refractivity contribution in [3.8, 4) is 0 Å². The minimum Gasteiger partial charge on any atom is -0.381 e. The van der Waals surface area contributed by atoms with E-state index >= 15 is 0 Å². The summed E-state index contributed by atoms with van der Waals surface area (Å²) in [6.45, 7) is 0.458. The molecule has 2 aromatic rings. The molecule has 1 aromatic carbocycles. The highest BCUT2D eigenvalue weighted by Gasteiger charge is 2.02. The molecule has 4 nitrogen and oxygen atoms in total. The predicted octanol–water partition coefficient (Wildman–Crippen LogP) is 1.93. The number of carbonyl (C=O) groups excluding carboxylic acids is 1. The summed E-state index contributed by atoms with van der Waals surface area (Å²) >= 11 is 0. The van der Waals surface area contributed by atoms with Crippen molar-refractivity contribution in [2.45, 2.75) is 6.54 Å². The monoisotopic (exact) mass is 245 g/mol. The lowest BCUT2D eigenvalue weighted by Gasteiger charge is -2.07. The SMILES string of the molecule is NC(=O)c1cc(NCc2cccc(F)c2)ccn1. The number of anilines is 1. The van der Waals surface area contributed by atoms with Crippen molar-refractivity contribution in [3.05, 3.63) is 59.7 Å². The van der Waals surface area contributed by atoms with Crippen molar-refractivity contribution in [3.63, 3.8) is 0 Å². The number of pyridine rings is 1. The van der Waals surface area contributed by atoms with Crippen molar-refractivity contribution in [1.29, 1.82) is 0 Å². The summed E-state index contributed by atoms with van der Waals surface area (Å²) in [5.74, 6) is -0.855. The highest BCUT2D eigenvalue weighted by molar-refractivity contribution is 5.91. The summed E-state index contributed by atoms with van der Waals surface area (Å²) in [6, 6.07) is 9.57. The number of primary amides is 1. The summed E-state index contributed by atoms with van der Waals surface area (Å²) in [4.78, 5) is 14.8. The third kappa shape index (κ3) is 3.04. The van der Waals surface area contributed by atoms with Crippen LogP contribution in [0.4, 0.5) is 10.1 Å². The third-order valence-corrected chi connectivity index (χ3v) is 2.40. The number of halogens is 1. The van der Waals surface area contributed by atoms with E-state index in [2.05, 4.69) is 10.3 Å². The number of aromatic nitrogens is 1. The van der Waals surface area contributed by atoms with Gasteiger partial charge < -0.3 is 11.1 Å². The average Bonchev–Trinajstić information content (AvgIpc) is 2.37. The van der Waals surface area contributed by atoms with Crippen LogP contribution < -0.4 is 11.1 Å². The number of amides is 1. The van der Waals surface area contributed by atoms with Crippen molar-refractivity contribution < 1.29 is 9.18 Å². The van der Waals surface area contributed by atoms with Gasteiger partial charge in [0.15, 0.2) is 0 Å². The zero-order valence-corrected chi connectivity index (χ0v) is 9.56. The molecular weight excluding hydrogens is 233 g/mol. The van der Waals surface area contributed by atoms with Crippen molar-refractivity contribution in [2.75, 3.05) is 5.32 Å². The first kappa shape index (κ1) is 12.0. The molecule has 18 heavy (non-hydrogen) atoms. The number of benzene rings is 1. The smallest absolute Gasteiger partial charge is 0.267 e. The van der Waals surface area contributed by atoms with Gasteiger partial charge in [0, 0.05) is 18.4 Å². The standard InChI is InChI=1S/C13H12FN3O/c14-10-3-1-2-9(6-10)8-17-11-4-5-16-12(7-11)13(15)18/h1-7H,8H2,(H2,15,18)(H,16,17). The number of nitrogens with one attached hydrogen (secondary N) is 1. The van der Waals surface area contributed by atoms with Gasteiger partial charge in [-0.3, -0.25) is 9.78 Å². The number of carbonyl (C=O) groups is 1. The summed E-state index contributed by atoms with van der Waals surface area (Å²) < 4.78 is 13.0. The van der Waals surface area contributed by atoms with Gasteiger partial charge in [-0.2, -0.15) is 0 Å². The molecule has 0 bridgehead atoms. The van der Waals surface area contributed by atoms with Crippen LogP contribution >= 0.6 is 0 Å². The molecular formula is C13H12FN3O. The molecule has 0 spiro atoms. The lowest BCUT2D eigenvalue weighted by molar-refractivity contribution is 0.0995. The zero-order valence-electron chi connectivity index (χ0n) is 9.56. The largest absolute Gasteiger partial charge is 0.381 e.